The molecule has 6 heteroatoms. The number of benzene rings is 1. The fraction of sp³-hybridized carbons (Fsp3) is 0.429. The lowest BCUT2D eigenvalue weighted by Crippen LogP contribution is -2.19. The van der Waals surface area contributed by atoms with Crippen molar-refractivity contribution in [2.24, 2.45) is 0 Å². The van der Waals surface area contributed by atoms with Gasteiger partial charge in [-0.2, -0.15) is 4.98 Å². The van der Waals surface area contributed by atoms with Crippen molar-refractivity contribution in [2.45, 2.75) is 32.7 Å². The number of rotatable bonds is 6. The summed E-state index contributed by atoms with van der Waals surface area (Å²) in [6, 6.07) is 4.56. The first-order valence-electron chi connectivity index (χ1n) is 6.60. The first kappa shape index (κ1) is 14.9. The molecule has 1 aromatic carbocycles. The highest BCUT2D eigenvalue weighted by Gasteiger charge is 2.16. The fourth-order valence-electron chi connectivity index (χ4n) is 1.82. The topological polar surface area (TPSA) is 51.0 Å². The van der Waals surface area contributed by atoms with Crippen molar-refractivity contribution < 1.29 is 8.91 Å². The number of halogens is 2. The Morgan fingerprint density at radius 1 is 1.45 bits per heavy atom. The van der Waals surface area contributed by atoms with Gasteiger partial charge < -0.3 is 9.84 Å². The van der Waals surface area contributed by atoms with Crippen LogP contribution in [-0.2, 0) is 6.42 Å². The van der Waals surface area contributed by atoms with Gasteiger partial charge in [-0.3, -0.25) is 0 Å². The summed E-state index contributed by atoms with van der Waals surface area (Å²) < 4.78 is 18.9. The van der Waals surface area contributed by atoms with Crippen LogP contribution in [0.15, 0.2) is 22.7 Å². The van der Waals surface area contributed by atoms with Gasteiger partial charge in [-0.1, -0.05) is 29.7 Å². The summed E-state index contributed by atoms with van der Waals surface area (Å²) in [4.78, 5) is 4.27. The second kappa shape index (κ2) is 6.81. The molecule has 2 aromatic rings. The maximum Gasteiger partial charge on any atom is 0.243 e. The van der Waals surface area contributed by atoms with Crippen LogP contribution in [0.5, 0.6) is 0 Å². The highest BCUT2D eigenvalue weighted by atomic mass is 35.5. The summed E-state index contributed by atoms with van der Waals surface area (Å²) in [6.07, 6.45) is 1.24. The van der Waals surface area contributed by atoms with E-state index in [9.17, 15) is 4.39 Å². The molecule has 0 radical (unpaired) electrons. The molecule has 0 amide bonds. The standard InChI is InChI=1S/C14H17ClFN3O/c1-3-7-17-9(2)14-18-13(19-20-14)8-10-11(15)5-4-6-12(10)16/h4-6,9,17H,3,7-8H2,1-2H3. The second-order valence-electron chi connectivity index (χ2n) is 4.60. The molecular weight excluding hydrogens is 281 g/mol. The Hall–Kier alpha value is -1.46. The molecule has 0 bridgehead atoms. The summed E-state index contributed by atoms with van der Waals surface area (Å²) in [5.41, 5.74) is 0.385. The first-order valence-corrected chi connectivity index (χ1v) is 6.98. The molecular formula is C14H17ClFN3O. The average Bonchev–Trinajstić information content (AvgIpc) is 2.89. The van der Waals surface area contributed by atoms with Gasteiger partial charge >= 0.3 is 0 Å². The minimum atomic E-state index is -0.360. The monoisotopic (exact) mass is 297 g/mol. The molecule has 0 aliphatic heterocycles. The highest BCUT2D eigenvalue weighted by molar-refractivity contribution is 6.31. The minimum Gasteiger partial charge on any atom is -0.338 e. The summed E-state index contributed by atoms with van der Waals surface area (Å²) in [5.74, 6) is 0.569. The summed E-state index contributed by atoms with van der Waals surface area (Å²) in [6.45, 7) is 4.90. The Morgan fingerprint density at radius 3 is 2.95 bits per heavy atom. The van der Waals surface area contributed by atoms with E-state index >= 15 is 0 Å². The third-order valence-electron chi connectivity index (χ3n) is 2.95. The first-order chi connectivity index (χ1) is 9.61. The Kier molecular flexibility index (Phi) is 5.09. The van der Waals surface area contributed by atoms with Crippen LogP contribution in [-0.4, -0.2) is 16.7 Å². The van der Waals surface area contributed by atoms with Gasteiger partial charge in [0.15, 0.2) is 5.82 Å². The number of nitrogens with one attached hydrogen (secondary N) is 1. The van der Waals surface area contributed by atoms with Gasteiger partial charge in [0.25, 0.3) is 0 Å². The molecule has 1 unspecified atom stereocenters. The van der Waals surface area contributed by atoms with E-state index in [0.29, 0.717) is 22.3 Å². The molecule has 0 saturated carbocycles. The number of hydrogen-bond acceptors (Lipinski definition) is 4. The zero-order chi connectivity index (χ0) is 14.5. The average molecular weight is 298 g/mol. The summed E-state index contributed by atoms with van der Waals surface area (Å²) in [5, 5.41) is 7.49. The van der Waals surface area contributed by atoms with Crippen molar-refractivity contribution in [1.29, 1.82) is 0 Å². The molecule has 108 valence electrons. The maximum absolute atomic E-state index is 13.7. The maximum atomic E-state index is 13.7. The zero-order valence-corrected chi connectivity index (χ0v) is 12.2. The van der Waals surface area contributed by atoms with Crippen molar-refractivity contribution in [2.75, 3.05) is 6.54 Å². The molecule has 0 aliphatic carbocycles. The van der Waals surface area contributed by atoms with Crippen LogP contribution < -0.4 is 5.32 Å². The van der Waals surface area contributed by atoms with Gasteiger partial charge in [0, 0.05) is 17.0 Å². The van der Waals surface area contributed by atoms with Crippen LogP contribution in [0.3, 0.4) is 0 Å². The lowest BCUT2D eigenvalue weighted by Gasteiger charge is -2.07. The Morgan fingerprint density at radius 2 is 2.25 bits per heavy atom. The van der Waals surface area contributed by atoms with Crippen LogP contribution in [0.1, 0.15) is 43.6 Å². The molecule has 1 heterocycles. The quantitative estimate of drug-likeness (QED) is 0.886. The second-order valence-corrected chi connectivity index (χ2v) is 5.01. The number of nitrogens with zero attached hydrogens (tertiary/aromatic N) is 2. The van der Waals surface area contributed by atoms with Crippen LogP contribution >= 0.6 is 11.6 Å². The SMILES string of the molecule is CCCNC(C)c1nc(Cc2c(F)cccc2Cl)no1. The zero-order valence-electron chi connectivity index (χ0n) is 11.5. The fourth-order valence-corrected chi connectivity index (χ4v) is 2.05. The molecule has 1 atom stereocenters. The molecule has 4 nitrogen and oxygen atoms in total. The normalized spacial score (nSPS) is 12.6. The molecule has 0 aliphatic rings. The highest BCUT2D eigenvalue weighted by Crippen LogP contribution is 2.21. The molecule has 0 saturated heterocycles. The van der Waals surface area contributed by atoms with E-state index in [-0.39, 0.29) is 18.3 Å². The molecule has 0 spiro atoms. The van der Waals surface area contributed by atoms with Gasteiger partial charge in [-0.25, -0.2) is 4.39 Å². The van der Waals surface area contributed by atoms with Crippen molar-refractivity contribution in [3.8, 4) is 0 Å². The van der Waals surface area contributed by atoms with Crippen LogP contribution in [0.4, 0.5) is 4.39 Å². The van der Waals surface area contributed by atoms with Crippen molar-refractivity contribution in [3.63, 3.8) is 0 Å². The molecule has 1 N–H and O–H groups in total. The van der Waals surface area contributed by atoms with E-state index in [4.69, 9.17) is 16.1 Å². The van der Waals surface area contributed by atoms with Crippen molar-refractivity contribution in [3.05, 3.63) is 46.3 Å². The third kappa shape index (κ3) is 3.55. The van der Waals surface area contributed by atoms with Gasteiger partial charge in [-0.05, 0) is 32.0 Å². The van der Waals surface area contributed by atoms with E-state index in [1.807, 2.05) is 6.92 Å². The van der Waals surface area contributed by atoms with E-state index < -0.39 is 0 Å². The Labute approximate surface area is 122 Å². The smallest absolute Gasteiger partial charge is 0.243 e. The lowest BCUT2D eigenvalue weighted by molar-refractivity contribution is 0.337. The predicted octanol–water partition coefficient (Wildman–Crippen LogP) is 3.51. The van der Waals surface area contributed by atoms with Gasteiger partial charge in [0.2, 0.25) is 5.89 Å². The lowest BCUT2D eigenvalue weighted by atomic mass is 10.1. The molecule has 0 fully saturated rings. The summed E-state index contributed by atoms with van der Waals surface area (Å²) in [7, 11) is 0. The van der Waals surface area contributed by atoms with Gasteiger partial charge in [-0.15, -0.1) is 0 Å². The van der Waals surface area contributed by atoms with E-state index in [1.54, 1.807) is 12.1 Å². The van der Waals surface area contributed by atoms with Crippen LogP contribution in [0, 0.1) is 5.82 Å². The van der Waals surface area contributed by atoms with E-state index in [1.165, 1.54) is 6.07 Å². The third-order valence-corrected chi connectivity index (χ3v) is 3.31. The van der Waals surface area contributed by atoms with Gasteiger partial charge in [0.05, 0.1) is 6.04 Å². The van der Waals surface area contributed by atoms with E-state index in [2.05, 4.69) is 22.4 Å². The van der Waals surface area contributed by atoms with Gasteiger partial charge in [0.1, 0.15) is 5.82 Å². The Bertz CT molecular complexity index is 553. The van der Waals surface area contributed by atoms with Crippen molar-refractivity contribution in [1.82, 2.24) is 15.5 Å². The minimum absolute atomic E-state index is 0.0210. The largest absolute Gasteiger partial charge is 0.338 e. The van der Waals surface area contributed by atoms with Crippen molar-refractivity contribution >= 4 is 11.6 Å². The van der Waals surface area contributed by atoms with Crippen LogP contribution in [0.25, 0.3) is 0 Å². The molecule has 2 rings (SSSR count). The van der Waals surface area contributed by atoms with E-state index in [0.717, 1.165) is 13.0 Å². The number of aromatic nitrogens is 2. The molecule has 20 heavy (non-hydrogen) atoms. The number of hydrogen-bond donors (Lipinski definition) is 1. The Balaban J connectivity index is 2.10. The predicted molar refractivity (Wildman–Crippen MR) is 75.2 cm³/mol. The summed E-state index contributed by atoms with van der Waals surface area (Å²) >= 11 is 5.98. The van der Waals surface area contributed by atoms with Crippen LogP contribution in [0.2, 0.25) is 5.02 Å². The molecule has 1 aromatic heterocycles.